The van der Waals surface area contributed by atoms with Crippen molar-refractivity contribution in [1.82, 2.24) is 0 Å². The Hall–Kier alpha value is -0.930. The first-order valence-corrected chi connectivity index (χ1v) is 5.57. The zero-order valence-corrected chi connectivity index (χ0v) is 10.6. The molecule has 1 aromatic carbocycles. The monoisotopic (exact) mass is 261 g/mol. The quantitative estimate of drug-likeness (QED) is 0.846. The number of halogens is 2. The van der Waals surface area contributed by atoms with E-state index in [0.29, 0.717) is 16.6 Å². The van der Waals surface area contributed by atoms with Gasteiger partial charge in [0.05, 0.1) is 23.1 Å². The number of hydrogen-bond donors (Lipinski definition) is 1. The van der Waals surface area contributed by atoms with Crippen LogP contribution in [0.1, 0.15) is 6.92 Å². The highest BCUT2D eigenvalue weighted by molar-refractivity contribution is 6.42. The second-order valence-electron chi connectivity index (χ2n) is 3.43. The number of carbonyl (C=O) groups excluding carboxylic acids is 1. The predicted octanol–water partition coefficient (Wildman–Crippen LogP) is 3.21. The predicted molar refractivity (Wildman–Crippen MR) is 66.1 cm³/mol. The molecule has 88 valence electrons. The summed E-state index contributed by atoms with van der Waals surface area (Å²) in [6.07, 6.45) is 0. The Kier molecular flexibility index (Phi) is 4.90. The molecule has 0 aliphatic carbocycles. The van der Waals surface area contributed by atoms with E-state index in [1.807, 2.05) is 0 Å². The maximum Gasteiger partial charge on any atom is 0.310 e. The molecule has 5 heteroatoms. The van der Waals surface area contributed by atoms with Gasteiger partial charge in [0.25, 0.3) is 0 Å². The van der Waals surface area contributed by atoms with Gasteiger partial charge in [0.2, 0.25) is 0 Å². The molecule has 0 amide bonds. The minimum Gasteiger partial charge on any atom is -0.469 e. The van der Waals surface area contributed by atoms with E-state index >= 15 is 0 Å². The smallest absolute Gasteiger partial charge is 0.310 e. The molecule has 0 fully saturated rings. The molecule has 0 bridgehead atoms. The number of methoxy groups -OCH3 is 1. The zero-order chi connectivity index (χ0) is 12.1. The summed E-state index contributed by atoms with van der Waals surface area (Å²) in [7, 11) is 1.37. The van der Waals surface area contributed by atoms with Gasteiger partial charge in [-0.3, -0.25) is 4.79 Å². The molecule has 3 nitrogen and oxygen atoms in total. The van der Waals surface area contributed by atoms with Crippen molar-refractivity contribution >= 4 is 34.9 Å². The molecule has 0 aliphatic rings. The highest BCUT2D eigenvalue weighted by atomic mass is 35.5. The average Bonchev–Trinajstić information content (AvgIpc) is 2.29. The fourth-order valence-electron chi connectivity index (χ4n) is 1.16. The van der Waals surface area contributed by atoms with Crippen molar-refractivity contribution in [3.05, 3.63) is 28.2 Å². The van der Waals surface area contributed by atoms with Crippen LogP contribution in [0.15, 0.2) is 18.2 Å². The number of hydrogen-bond acceptors (Lipinski definition) is 3. The van der Waals surface area contributed by atoms with Crippen LogP contribution in [0.3, 0.4) is 0 Å². The van der Waals surface area contributed by atoms with E-state index in [4.69, 9.17) is 23.2 Å². The van der Waals surface area contributed by atoms with Crippen molar-refractivity contribution in [3.63, 3.8) is 0 Å². The Morgan fingerprint density at radius 3 is 2.69 bits per heavy atom. The molecule has 0 spiro atoms. The van der Waals surface area contributed by atoms with Crippen LogP contribution < -0.4 is 5.32 Å². The lowest BCUT2D eigenvalue weighted by molar-refractivity contribution is -0.144. The molecule has 0 aromatic heterocycles. The van der Waals surface area contributed by atoms with E-state index in [2.05, 4.69) is 10.1 Å². The van der Waals surface area contributed by atoms with Gasteiger partial charge in [0.15, 0.2) is 0 Å². The summed E-state index contributed by atoms with van der Waals surface area (Å²) in [6.45, 7) is 2.28. The zero-order valence-electron chi connectivity index (χ0n) is 9.09. The van der Waals surface area contributed by atoms with E-state index in [-0.39, 0.29) is 11.9 Å². The highest BCUT2D eigenvalue weighted by Gasteiger charge is 2.12. The average molecular weight is 262 g/mol. The van der Waals surface area contributed by atoms with Crippen molar-refractivity contribution in [1.29, 1.82) is 0 Å². The third kappa shape index (κ3) is 3.58. The molecule has 0 radical (unpaired) electrons. The van der Waals surface area contributed by atoms with Crippen molar-refractivity contribution < 1.29 is 9.53 Å². The SMILES string of the molecule is COC(=O)C(C)CNc1ccc(Cl)c(Cl)c1. The summed E-state index contributed by atoms with van der Waals surface area (Å²) in [6, 6.07) is 5.22. The summed E-state index contributed by atoms with van der Waals surface area (Å²) >= 11 is 11.6. The summed E-state index contributed by atoms with van der Waals surface area (Å²) in [5, 5.41) is 4.08. The van der Waals surface area contributed by atoms with Gasteiger partial charge in [-0.2, -0.15) is 0 Å². The third-order valence-corrected chi connectivity index (χ3v) is 2.87. The van der Waals surface area contributed by atoms with Crippen LogP contribution >= 0.6 is 23.2 Å². The van der Waals surface area contributed by atoms with Gasteiger partial charge in [0, 0.05) is 12.2 Å². The lowest BCUT2D eigenvalue weighted by atomic mass is 10.2. The Morgan fingerprint density at radius 1 is 1.44 bits per heavy atom. The Balaban J connectivity index is 2.55. The van der Waals surface area contributed by atoms with Crippen molar-refractivity contribution in [2.75, 3.05) is 19.0 Å². The third-order valence-electron chi connectivity index (χ3n) is 2.14. The van der Waals surface area contributed by atoms with Crippen LogP contribution in [-0.2, 0) is 9.53 Å². The van der Waals surface area contributed by atoms with Crippen molar-refractivity contribution in [2.24, 2.45) is 5.92 Å². The Bertz CT molecular complexity index is 382. The second kappa shape index (κ2) is 5.97. The molecule has 1 unspecified atom stereocenters. The standard InChI is InChI=1S/C11H13Cl2NO2/c1-7(11(15)16-2)6-14-8-3-4-9(12)10(13)5-8/h3-5,7,14H,6H2,1-2H3. The van der Waals surface area contributed by atoms with Gasteiger partial charge in [0.1, 0.15) is 0 Å². The summed E-state index contributed by atoms with van der Waals surface area (Å²) in [4.78, 5) is 11.1. The van der Waals surface area contributed by atoms with Gasteiger partial charge < -0.3 is 10.1 Å². The minimum absolute atomic E-state index is 0.209. The molecular formula is C11H13Cl2NO2. The number of esters is 1. The van der Waals surface area contributed by atoms with Crippen LogP contribution in [0.4, 0.5) is 5.69 Å². The molecule has 0 heterocycles. The fourth-order valence-corrected chi connectivity index (χ4v) is 1.46. The molecule has 1 rings (SSSR count). The van der Waals surface area contributed by atoms with Gasteiger partial charge in [-0.15, -0.1) is 0 Å². The minimum atomic E-state index is -0.243. The lowest BCUT2D eigenvalue weighted by Crippen LogP contribution is -2.21. The fraction of sp³-hybridized carbons (Fsp3) is 0.364. The van der Waals surface area contributed by atoms with E-state index < -0.39 is 0 Å². The van der Waals surface area contributed by atoms with E-state index in [9.17, 15) is 4.79 Å². The first-order valence-electron chi connectivity index (χ1n) is 4.81. The van der Waals surface area contributed by atoms with Crippen LogP contribution in [0.2, 0.25) is 10.0 Å². The maximum absolute atomic E-state index is 11.1. The number of nitrogens with one attached hydrogen (secondary N) is 1. The molecule has 1 atom stereocenters. The number of rotatable bonds is 4. The largest absolute Gasteiger partial charge is 0.469 e. The number of anilines is 1. The highest BCUT2D eigenvalue weighted by Crippen LogP contribution is 2.25. The van der Waals surface area contributed by atoms with E-state index in [0.717, 1.165) is 5.69 Å². The second-order valence-corrected chi connectivity index (χ2v) is 4.25. The number of benzene rings is 1. The summed E-state index contributed by atoms with van der Waals surface area (Å²) in [5.74, 6) is -0.452. The molecule has 16 heavy (non-hydrogen) atoms. The summed E-state index contributed by atoms with van der Waals surface area (Å²) in [5.41, 5.74) is 0.824. The van der Waals surface area contributed by atoms with Crippen LogP contribution in [0, 0.1) is 5.92 Å². The van der Waals surface area contributed by atoms with Crippen LogP contribution in [0.5, 0.6) is 0 Å². The number of ether oxygens (including phenoxy) is 1. The molecule has 0 aliphatic heterocycles. The van der Waals surface area contributed by atoms with Gasteiger partial charge >= 0.3 is 5.97 Å². The van der Waals surface area contributed by atoms with Crippen LogP contribution in [0.25, 0.3) is 0 Å². The van der Waals surface area contributed by atoms with Gasteiger partial charge in [-0.05, 0) is 18.2 Å². The molecule has 0 saturated heterocycles. The Morgan fingerprint density at radius 2 is 2.12 bits per heavy atom. The van der Waals surface area contributed by atoms with Gasteiger partial charge in [-0.1, -0.05) is 30.1 Å². The van der Waals surface area contributed by atoms with Crippen molar-refractivity contribution in [2.45, 2.75) is 6.92 Å². The molecule has 1 N–H and O–H groups in total. The maximum atomic E-state index is 11.1. The molecule has 1 aromatic rings. The first kappa shape index (κ1) is 13.1. The topological polar surface area (TPSA) is 38.3 Å². The Labute approximate surface area is 105 Å². The van der Waals surface area contributed by atoms with E-state index in [1.54, 1.807) is 25.1 Å². The van der Waals surface area contributed by atoms with Crippen LogP contribution in [-0.4, -0.2) is 19.6 Å². The van der Waals surface area contributed by atoms with Crippen molar-refractivity contribution in [3.8, 4) is 0 Å². The normalized spacial score (nSPS) is 12.0. The lowest BCUT2D eigenvalue weighted by Gasteiger charge is -2.11. The first-order chi connectivity index (χ1) is 7.54. The molecule has 0 saturated carbocycles. The van der Waals surface area contributed by atoms with E-state index in [1.165, 1.54) is 7.11 Å². The summed E-state index contributed by atoms with van der Waals surface area (Å²) < 4.78 is 4.62. The number of carbonyl (C=O) groups is 1. The molecular weight excluding hydrogens is 249 g/mol. The van der Waals surface area contributed by atoms with Gasteiger partial charge in [-0.25, -0.2) is 0 Å².